The van der Waals surface area contributed by atoms with Crippen LogP contribution < -0.4 is 0 Å². The van der Waals surface area contributed by atoms with Gasteiger partial charge in [0.05, 0.1) is 0 Å². The molecule has 0 saturated carbocycles. The van der Waals surface area contributed by atoms with Crippen LogP contribution >= 0.6 is 24.0 Å². The average molecular weight is 349 g/mol. The van der Waals surface area contributed by atoms with Crippen molar-refractivity contribution in [2.24, 2.45) is 5.92 Å². The van der Waals surface area contributed by atoms with Gasteiger partial charge in [-0.05, 0) is 43.2 Å². The number of thiocarbonyl (C=S) groups is 1. The Hall–Kier alpha value is 0.200. The van der Waals surface area contributed by atoms with Gasteiger partial charge in [-0.15, -0.1) is 11.8 Å². The predicted molar refractivity (Wildman–Crippen MR) is 104 cm³/mol. The highest BCUT2D eigenvalue weighted by Crippen LogP contribution is 2.31. The minimum absolute atomic E-state index is 0.242. The highest BCUT2D eigenvalue weighted by molar-refractivity contribution is 8.02. The number of hydrogen-bond donors (Lipinski definition) is 2. The second-order valence-corrected chi connectivity index (χ2v) is 8.46. The molecule has 132 valence electrons. The Kier molecular flexibility index (Phi) is 13.7. The van der Waals surface area contributed by atoms with Crippen molar-refractivity contribution in [2.75, 3.05) is 5.75 Å². The van der Waals surface area contributed by atoms with Crippen LogP contribution in [0.2, 0.25) is 0 Å². The van der Waals surface area contributed by atoms with Crippen LogP contribution in [-0.4, -0.2) is 25.9 Å². The van der Waals surface area contributed by atoms with E-state index < -0.39 is 4.93 Å². The summed E-state index contributed by atoms with van der Waals surface area (Å²) in [4.78, 5) is -1.21. The number of hydrogen-bond acceptors (Lipinski definition) is 3. The molecule has 0 aromatic carbocycles. The van der Waals surface area contributed by atoms with Gasteiger partial charge in [-0.1, -0.05) is 72.1 Å². The van der Waals surface area contributed by atoms with Crippen LogP contribution in [0.4, 0.5) is 0 Å². The maximum absolute atomic E-state index is 10.5. The zero-order valence-electron chi connectivity index (χ0n) is 14.8. The van der Waals surface area contributed by atoms with Crippen LogP contribution in [0.15, 0.2) is 0 Å². The first-order valence-corrected chi connectivity index (χ1v) is 10.4. The lowest BCUT2D eigenvalue weighted by Gasteiger charge is -2.25. The van der Waals surface area contributed by atoms with E-state index in [-0.39, 0.29) is 5.05 Å². The van der Waals surface area contributed by atoms with Gasteiger partial charge in [0.1, 0.15) is 0 Å². The van der Waals surface area contributed by atoms with Gasteiger partial charge in [-0.2, -0.15) is 0 Å². The molecule has 0 amide bonds. The number of thioether (sulfide) groups is 1. The maximum Gasteiger partial charge on any atom is 0.200 e. The van der Waals surface area contributed by atoms with Crippen molar-refractivity contribution in [3.8, 4) is 0 Å². The normalized spacial score (nSPS) is 14.2. The summed E-state index contributed by atoms with van der Waals surface area (Å²) >= 11 is 6.29. The fraction of sp³-hybridized carbons (Fsp3) is 0.944. The molecule has 0 radical (unpaired) electrons. The predicted octanol–water partition coefficient (Wildman–Crippen LogP) is 6.26. The molecule has 22 heavy (non-hydrogen) atoms. The zero-order valence-corrected chi connectivity index (χ0v) is 16.4. The van der Waals surface area contributed by atoms with E-state index in [0.29, 0.717) is 6.42 Å². The first kappa shape index (κ1) is 22.2. The number of unbranched alkanes of at least 4 members (excludes halogenated alkanes) is 7. The average Bonchev–Trinajstić information content (AvgIpc) is 2.46. The van der Waals surface area contributed by atoms with Gasteiger partial charge < -0.3 is 10.2 Å². The molecule has 0 rings (SSSR count). The minimum atomic E-state index is -1.21. The number of rotatable bonds is 15. The molecule has 0 heterocycles. The van der Waals surface area contributed by atoms with Gasteiger partial charge >= 0.3 is 0 Å². The van der Waals surface area contributed by atoms with Crippen molar-refractivity contribution in [3.05, 3.63) is 0 Å². The van der Waals surface area contributed by atoms with Gasteiger partial charge in [0.15, 0.2) is 9.98 Å². The Labute approximate surface area is 147 Å². The molecule has 0 spiro atoms. The van der Waals surface area contributed by atoms with E-state index >= 15 is 0 Å². The third-order valence-corrected chi connectivity index (χ3v) is 5.80. The Morgan fingerprint density at radius 2 is 1.59 bits per heavy atom. The molecule has 4 heteroatoms. The Morgan fingerprint density at radius 1 is 1.00 bits per heavy atom. The molecule has 2 N–H and O–H groups in total. The lowest BCUT2D eigenvalue weighted by atomic mass is 10.1. The summed E-state index contributed by atoms with van der Waals surface area (Å²) in [7, 11) is 0. The highest BCUT2D eigenvalue weighted by atomic mass is 32.2. The van der Waals surface area contributed by atoms with E-state index in [1.54, 1.807) is 0 Å². The number of aliphatic hydroxyl groups excluding tert-OH is 1. The molecule has 0 saturated heterocycles. The smallest absolute Gasteiger partial charge is 0.200 e. The Morgan fingerprint density at radius 3 is 2.18 bits per heavy atom. The fourth-order valence-electron chi connectivity index (χ4n) is 2.46. The Balaban J connectivity index is 3.84. The third kappa shape index (κ3) is 11.7. The molecule has 0 aliphatic carbocycles. The van der Waals surface area contributed by atoms with Gasteiger partial charge in [0.25, 0.3) is 0 Å². The van der Waals surface area contributed by atoms with E-state index in [1.807, 2.05) is 0 Å². The van der Waals surface area contributed by atoms with E-state index in [4.69, 9.17) is 12.2 Å². The standard InChI is InChI=1S/C18H36O2S2/c1-4-5-6-7-8-11-14-18(20,17(19)21)22-15-12-9-10-13-16(2)3/h16,20H,4-15H2,1-3H3,(H,19,21). The van der Waals surface area contributed by atoms with Gasteiger partial charge in [0.2, 0.25) is 0 Å². The number of aliphatic hydroxyl groups is 2. The first-order valence-electron chi connectivity index (χ1n) is 9.02. The SMILES string of the molecule is CCCCCCCCC(O)(SCCCCCC(C)C)C(O)=S. The molecule has 1 unspecified atom stereocenters. The third-order valence-electron chi connectivity index (χ3n) is 3.97. The van der Waals surface area contributed by atoms with Crippen molar-refractivity contribution in [1.29, 1.82) is 0 Å². The second-order valence-electron chi connectivity index (χ2n) is 6.70. The summed E-state index contributed by atoms with van der Waals surface area (Å²) in [5, 5.41) is 19.9. The first-order chi connectivity index (χ1) is 10.4. The van der Waals surface area contributed by atoms with Gasteiger partial charge in [-0.3, -0.25) is 0 Å². The summed E-state index contributed by atoms with van der Waals surface area (Å²) in [6, 6.07) is 0. The van der Waals surface area contributed by atoms with Crippen LogP contribution in [0.5, 0.6) is 0 Å². The molecular formula is C18H36O2S2. The van der Waals surface area contributed by atoms with E-state index in [2.05, 4.69) is 20.8 Å². The molecular weight excluding hydrogens is 312 g/mol. The quantitative estimate of drug-likeness (QED) is 0.208. The lowest BCUT2D eigenvalue weighted by Crippen LogP contribution is -2.33. The van der Waals surface area contributed by atoms with Crippen LogP contribution in [0.25, 0.3) is 0 Å². The van der Waals surface area contributed by atoms with E-state index in [9.17, 15) is 10.2 Å². The lowest BCUT2D eigenvalue weighted by molar-refractivity contribution is 0.174. The van der Waals surface area contributed by atoms with Crippen LogP contribution in [-0.2, 0) is 0 Å². The van der Waals surface area contributed by atoms with Crippen molar-refractivity contribution < 1.29 is 10.2 Å². The summed E-state index contributed by atoms with van der Waals surface area (Å²) in [5.74, 6) is 1.63. The van der Waals surface area contributed by atoms with Gasteiger partial charge in [0, 0.05) is 0 Å². The summed E-state index contributed by atoms with van der Waals surface area (Å²) in [6.45, 7) is 6.71. The van der Waals surface area contributed by atoms with E-state index in [0.717, 1.165) is 30.9 Å². The zero-order chi connectivity index (χ0) is 16.8. The largest absolute Gasteiger partial charge is 0.499 e. The van der Waals surface area contributed by atoms with Crippen molar-refractivity contribution in [2.45, 2.75) is 96.3 Å². The molecule has 0 aromatic rings. The fourth-order valence-corrected chi connectivity index (χ4v) is 3.84. The molecule has 0 aliphatic rings. The maximum atomic E-state index is 10.5. The molecule has 0 fully saturated rings. The highest BCUT2D eigenvalue weighted by Gasteiger charge is 2.31. The van der Waals surface area contributed by atoms with Crippen molar-refractivity contribution >= 4 is 29.0 Å². The minimum Gasteiger partial charge on any atom is -0.499 e. The summed E-state index contributed by atoms with van der Waals surface area (Å²) in [5.41, 5.74) is 0. The van der Waals surface area contributed by atoms with Crippen molar-refractivity contribution in [1.82, 2.24) is 0 Å². The van der Waals surface area contributed by atoms with E-state index in [1.165, 1.54) is 56.7 Å². The molecule has 0 bridgehead atoms. The van der Waals surface area contributed by atoms with Crippen LogP contribution in [0.1, 0.15) is 91.4 Å². The van der Waals surface area contributed by atoms with Crippen LogP contribution in [0, 0.1) is 5.92 Å². The molecule has 0 aromatic heterocycles. The monoisotopic (exact) mass is 348 g/mol. The molecule has 0 aliphatic heterocycles. The van der Waals surface area contributed by atoms with Crippen molar-refractivity contribution in [3.63, 3.8) is 0 Å². The summed E-state index contributed by atoms with van der Waals surface area (Å²) < 4.78 is 0. The van der Waals surface area contributed by atoms with Gasteiger partial charge in [-0.25, -0.2) is 0 Å². The molecule has 1 atom stereocenters. The second kappa shape index (κ2) is 13.6. The topological polar surface area (TPSA) is 40.5 Å². The molecule has 2 nitrogen and oxygen atoms in total. The Bertz CT molecular complexity index is 282. The van der Waals surface area contributed by atoms with Crippen LogP contribution in [0.3, 0.4) is 0 Å². The summed E-state index contributed by atoms with van der Waals surface area (Å²) in [6.07, 6.45) is 12.4.